The van der Waals surface area contributed by atoms with Crippen LogP contribution in [0.25, 0.3) is 0 Å². The number of ether oxygens (including phenoxy) is 1. The number of amides is 1. The lowest BCUT2D eigenvalue weighted by atomic mass is 10.1. The molecule has 21 heavy (non-hydrogen) atoms. The maximum atomic E-state index is 12.2. The largest absolute Gasteiger partial charge is 0.497 e. The van der Waals surface area contributed by atoms with Crippen molar-refractivity contribution in [2.75, 3.05) is 24.8 Å². The van der Waals surface area contributed by atoms with Crippen LogP contribution in [0.4, 0.5) is 11.4 Å². The number of hydrogen-bond donors (Lipinski definition) is 1. The van der Waals surface area contributed by atoms with Crippen LogP contribution < -0.4 is 15.4 Å². The third-order valence-electron chi connectivity index (χ3n) is 3.41. The molecule has 0 aliphatic rings. The van der Waals surface area contributed by atoms with Gasteiger partial charge in [-0.1, -0.05) is 12.1 Å². The molecule has 0 saturated heterocycles. The highest BCUT2D eigenvalue weighted by molar-refractivity contribution is 5.92. The van der Waals surface area contributed by atoms with Crippen molar-refractivity contribution in [2.45, 2.75) is 12.8 Å². The number of nitrogen functional groups attached to an aromatic ring is 1. The van der Waals surface area contributed by atoms with E-state index in [4.69, 9.17) is 10.5 Å². The SMILES string of the molecule is COc1ccc(N(C)C(=O)CCc2cccc(N)c2)cc1. The molecule has 2 rings (SSSR count). The fourth-order valence-corrected chi connectivity index (χ4v) is 2.12. The van der Waals surface area contributed by atoms with Gasteiger partial charge in [0, 0.05) is 24.8 Å². The van der Waals surface area contributed by atoms with Gasteiger partial charge in [-0.3, -0.25) is 4.79 Å². The zero-order valence-corrected chi connectivity index (χ0v) is 12.4. The highest BCUT2D eigenvalue weighted by Crippen LogP contribution is 2.19. The van der Waals surface area contributed by atoms with E-state index >= 15 is 0 Å². The standard InChI is InChI=1S/C17H20N2O2/c1-19(15-7-9-16(21-2)10-8-15)17(20)11-6-13-4-3-5-14(18)12-13/h3-5,7-10,12H,6,11,18H2,1-2H3. The molecule has 0 aliphatic carbocycles. The van der Waals surface area contributed by atoms with Crippen molar-refractivity contribution in [2.24, 2.45) is 0 Å². The quantitative estimate of drug-likeness (QED) is 0.859. The van der Waals surface area contributed by atoms with Crippen LogP contribution in [0.15, 0.2) is 48.5 Å². The Morgan fingerprint density at radius 3 is 2.52 bits per heavy atom. The van der Waals surface area contributed by atoms with Gasteiger partial charge in [-0.2, -0.15) is 0 Å². The summed E-state index contributed by atoms with van der Waals surface area (Å²) in [6.07, 6.45) is 1.14. The summed E-state index contributed by atoms with van der Waals surface area (Å²) in [4.78, 5) is 13.9. The maximum Gasteiger partial charge on any atom is 0.227 e. The summed E-state index contributed by atoms with van der Waals surface area (Å²) >= 11 is 0. The number of aryl methyl sites for hydroxylation is 1. The van der Waals surface area contributed by atoms with Crippen LogP contribution in [0.1, 0.15) is 12.0 Å². The first kappa shape index (κ1) is 14.9. The lowest BCUT2D eigenvalue weighted by molar-refractivity contribution is -0.118. The highest BCUT2D eigenvalue weighted by Gasteiger charge is 2.11. The van der Waals surface area contributed by atoms with Crippen LogP contribution in [0, 0.1) is 0 Å². The van der Waals surface area contributed by atoms with E-state index in [2.05, 4.69) is 0 Å². The molecule has 0 radical (unpaired) electrons. The molecule has 110 valence electrons. The second-order valence-corrected chi connectivity index (χ2v) is 4.90. The Bertz CT molecular complexity index is 608. The summed E-state index contributed by atoms with van der Waals surface area (Å²) in [6, 6.07) is 15.1. The molecule has 0 aromatic heterocycles. The van der Waals surface area contributed by atoms with Crippen molar-refractivity contribution >= 4 is 17.3 Å². The van der Waals surface area contributed by atoms with Gasteiger partial charge in [0.15, 0.2) is 0 Å². The molecule has 0 spiro atoms. The molecule has 0 bridgehead atoms. The number of carbonyl (C=O) groups is 1. The van der Waals surface area contributed by atoms with Crippen LogP contribution in [0.5, 0.6) is 5.75 Å². The van der Waals surface area contributed by atoms with Crippen molar-refractivity contribution in [3.05, 3.63) is 54.1 Å². The van der Waals surface area contributed by atoms with Gasteiger partial charge in [-0.15, -0.1) is 0 Å². The Hall–Kier alpha value is -2.49. The molecule has 0 atom stereocenters. The number of rotatable bonds is 5. The summed E-state index contributed by atoms with van der Waals surface area (Å²) in [5.41, 5.74) is 8.39. The van der Waals surface area contributed by atoms with E-state index in [-0.39, 0.29) is 5.91 Å². The van der Waals surface area contributed by atoms with E-state index < -0.39 is 0 Å². The number of nitrogens with zero attached hydrogens (tertiary/aromatic N) is 1. The topological polar surface area (TPSA) is 55.6 Å². The molecular weight excluding hydrogens is 264 g/mol. The molecule has 0 fully saturated rings. The van der Waals surface area contributed by atoms with E-state index in [0.717, 1.165) is 22.7 Å². The smallest absolute Gasteiger partial charge is 0.227 e. The molecule has 4 nitrogen and oxygen atoms in total. The predicted molar refractivity (Wildman–Crippen MR) is 85.6 cm³/mol. The second kappa shape index (κ2) is 6.79. The number of benzene rings is 2. The maximum absolute atomic E-state index is 12.2. The molecule has 0 unspecified atom stereocenters. The van der Waals surface area contributed by atoms with Gasteiger partial charge in [0.05, 0.1) is 7.11 Å². The van der Waals surface area contributed by atoms with Crippen LogP contribution in [0.3, 0.4) is 0 Å². The molecule has 2 aromatic carbocycles. The number of nitrogens with two attached hydrogens (primary N) is 1. The van der Waals surface area contributed by atoms with E-state index in [1.54, 1.807) is 19.1 Å². The average molecular weight is 284 g/mol. The summed E-state index contributed by atoms with van der Waals surface area (Å²) in [5.74, 6) is 0.849. The minimum Gasteiger partial charge on any atom is -0.497 e. The molecule has 2 N–H and O–H groups in total. The van der Waals surface area contributed by atoms with Crippen molar-refractivity contribution in [3.63, 3.8) is 0 Å². The molecule has 0 heterocycles. The second-order valence-electron chi connectivity index (χ2n) is 4.90. The van der Waals surface area contributed by atoms with Crippen LogP contribution in [-0.4, -0.2) is 20.1 Å². The Labute approximate surface area is 125 Å². The zero-order valence-electron chi connectivity index (χ0n) is 12.4. The first-order chi connectivity index (χ1) is 10.1. The van der Waals surface area contributed by atoms with Gasteiger partial charge >= 0.3 is 0 Å². The number of carbonyl (C=O) groups excluding carboxylic acids is 1. The van der Waals surface area contributed by atoms with Crippen molar-refractivity contribution in [1.29, 1.82) is 0 Å². The fraction of sp³-hybridized carbons (Fsp3) is 0.235. The molecule has 0 aliphatic heterocycles. The summed E-state index contributed by atoms with van der Waals surface area (Å²) in [5, 5.41) is 0. The van der Waals surface area contributed by atoms with E-state index in [1.165, 1.54) is 0 Å². The summed E-state index contributed by atoms with van der Waals surface area (Å²) in [6.45, 7) is 0. The van der Waals surface area contributed by atoms with Gasteiger partial charge in [-0.25, -0.2) is 0 Å². The Kier molecular flexibility index (Phi) is 4.82. The van der Waals surface area contributed by atoms with E-state index in [9.17, 15) is 4.79 Å². The molecule has 1 amide bonds. The minimum atomic E-state index is 0.0718. The first-order valence-corrected chi connectivity index (χ1v) is 6.85. The first-order valence-electron chi connectivity index (χ1n) is 6.85. The Balaban J connectivity index is 1.95. The fourth-order valence-electron chi connectivity index (χ4n) is 2.12. The Morgan fingerprint density at radius 1 is 1.19 bits per heavy atom. The van der Waals surface area contributed by atoms with Crippen molar-refractivity contribution < 1.29 is 9.53 Å². The van der Waals surface area contributed by atoms with Crippen LogP contribution in [0.2, 0.25) is 0 Å². The van der Waals surface area contributed by atoms with E-state index in [0.29, 0.717) is 12.8 Å². The molecule has 2 aromatic rings. The van der Waals surface area contributed by atoms with Gasteiger partial charge in [0.2, 0.25) is 5.91 Å². The average Bonchev–Trinajstić information content (AvgIpc) is 2.52. The minimum absolute atomic E-state index is 0.0718. The summed E-state index contributed by atoms with van der Waals surface area (Å²) < 4.78 is 5.11. The predicted octanol–water partition coefficient (Wildman–Crippen LogP) is 2.87. The molecular formula is C17H20N2O2. The highest BCUT2D eigenvalue weighted by atomic mass is 16.5. The zero-order chi connectivity index (χ0) is 15.2. The van der Waals surface area contributed by atoms with Gasteiger partial charge < -0.3 is 15.4 Å². The lowest BCUT2D eigenvalue weighted by Crippen LogP contribution is -2.26. The monoisotopic (exact) mass is 284 g/mol. The molecule has 0 saturated carbocycles. The molecule has 4 heteroatoms. The number of methoxy groups -OCH3 is 1. The van der Waals surface area contributed by atoms with Gasteiger partial charge in [0.25, 0.3) is 0 Å². The van der Waals surface area contributed by atoms with Gasteiger partial charge in [0.1, 0.15) is 5.75 Å². The third kappa shape index (κ3) is 3.99. The number of hydrogen-bond acceptors (Lipinski definition) is 3. The van der Waals surface area contributed by atoms with Crippen molar-refractivity contribution in [1.82, 2.24) is 0 Å². The normalized spacial score (nSPS) is 10.2. The third-order valence-corrected chi connectivity index (χ3v) is 3.41. The summed E-state index contributed by atoms with van der Waals surface area (Å²) in [7, 11) is 3.40. The van der Waals surface area contributed by atoms with Crippen LogP contribution >= 0.6 is 0 Å². The lowest BCUT2D eigenvalue weighted by Gasteiger charge is -2.17. The van der Waals surface area contributed by atoms with E-state index in [1.807, 2.05) is 48.5 Å². The van der Waals surface area contributed by atoms with Gasteiger partial charge in [-0.05, 0) is 48.4 Å². The Morgan fingerprint density at radius 2 is 1.90 bits per heavy atom. The van der Waals surface area contributed by atoms with Crippen molar-refractivity contribution in [3.8, 4) is 5.75 Å². The number of anilines is 2. The van der Waals surface area contributed by atoms with Crippen LogP contribution in [-0.2, 0) is 11.2 Å².